The lowest BCUT2D eigenvalue weighted by atomic mass is 9.82. The van der Waals surface area contributed by atoms with Gasteiger partial charge in [0.25, 0.3) is 5.91 Å². The van der Waals surface area contributed by atoms with Crippen LogP contribution in [0, 0.1) is 0 Å². The maximum atomic E-state index is 15.3. The molecule has 514 valence electrons. The summed E-state index contributed by atoms with van der Waals surface area (Å²) < 4.78 is 73.4. The Morgan fingerprint density at radius 1 is 0.522 bits per heavy atom. The van der Waals surface area contributed by atoms with Crippen LogP contribution in [0.4, 0.5) is 24.0 Å². The van der Waals surface area contributed by atoms with E-state index in [0.717, 1.165) is 6.92 Å². The van der Waals surface area contributed by atoms with Crippen LogP contribution in [-0.4, -0.2) is 186 Å². The molecule has 0 radical (unpaired) electrons. The predicted octanol–water partition coefficient (Wildman–Crippen LogP) is 7.15. The molecule has 1 aliphatic carbocycles. The maximum Gasteiger partial charge on any atom is 0.408 e. The Morgan fingerprint density at radius 3 is 1.48 bits per heavy atom. The van der Waals surface area contributed by atoms with Crippen molar-refractivity contribution in [2.75, 3.05) is 13.1 Å². The van der Waals surface area contributed by atoms with Crippen LogP contribution in [-0.2, 0) is 66.4 Å². The summed E-state index contributed by atoms with van der Waals surface area (Å²) in [6.07, 6.45) is -21.1. The molecule has 2 aromatic rings. The second-order valence-corrected chi connectivity index (χ2v) is 27.5. The standard InChI is InChI=1S/C64H96N6O22/c1-18-42-45(72)44(70-59(80)92-64(15,16)17)48(85-52(75)37-27-23-20-24-28-37)54(84-42)87-46-40(67-50(73)43(31-32-65-55(76)88-60(3,4)5)83-51(74)36-25-21-19-22-26-36)33-41(69-58(79)91-63(12,13)14)47(49(46)81-35(2)71)86-53-39(68-57(78)90-62(9,10)11)30-29-38(82-53)34-66-56(77)89-61(6,7)8/h19-28,38-49,53-54,72H,18,29-34H2,1-17H3,(H,65,76)(H,66,77)(H,67,73)(H,68,78)(H,69,79)(H,70,80)/t38?,39?,40-,41-,42?,43+,44+,45-,46+,47?,48?,49?,53-,54-/m1/s1. The number of amides is 6. The molecule has 1 saturated carbocycles. The number of carbonyl (C=O) groups excluding carboxylic acids is 9. The van der Waals surface area contributed by atoms with Gasteiger partial charge in [-0.1, -0.05) is 43.3 Å². The molecule has 28 heteroatoms. The van der Waals surface area contributed by atoms with Crippen LogP contribution in [0.15, 0.2) is 60.7 Å². The van der Waals surface area contributed by atoms with E-state index in [4.69, 9.17) is 56.8 Å². The number of hydrogen-bond donors (Lipinski definition) is 7. The summed E-state index contributed by atoms with van der Waals surface area (Å²) in [5.41, 5.74) is -4.87. The van der Waals surface area contributed by atoms with E-state index in [-0.39, 0.29) is 49.9 Å². The number of carbonyl (C=O) groups is 9. The van der Waals surface area contributed by atoms with Gasteiger partial charge in [0, 0.05) is 26.4 Å². The molecule has 0 spiro atoms. The first-order chi connectivity index (χ1) is 42.7. The Bertz CT molecular complexity index is 2810. The third kappa shape index (κ3) is 25.2. The van der Waals surface area contributed by atoms with Crippen molar-refractivity contribution in [3.8, 4) is 0 Å². The number of aliphatic hydroxyl groups excluding tert-OH is 1. The van der Waals surface area contributed by atoms with E-state index in [1.54, 1.807) is 147 Å². The first kappa shape index (κ1) is 75.2. The van der Waals surface area contributed by atoms with Gasteiger partial charge in [0.2, 0.25) is 0 Å². The van der Waals surface area contributed by atoms with Gasteiger partial charge in [0.1, 0.15) is 52.4 Å². The van der Waals surface area contributed by atoms with Gasteiger partial charge >= 0.3 is 48.4 Å². The number of benzene rings is 2. The van der Waals surface area contributed by atoms with Crippen LogP contribution in [0.2, 0.25) is 0 Å². The largest absolute Gasteiger partial charge is 0.457 e. The van der Waals surface area contributed by atoms with E-state index < -0.39 is 174 Å². The van der Waals surface area contributed by atoms with E-state index >= 15 is 4.79 Å². The highest BCUT2D eigenvalue weighted by Crippen LogP contribution is 2.37. The average molecular weight is 1300 g/mol. The lowest BCUT2D eigenvalue weighted by molar-refractivity contribution is -0.314. The highest BCUT2D eigenvalue weighted by Gasteiger charge is 2.56. The number of nitrogens with one attached hydrogen (secondary N) is 6. The SMILES string of the molecule is CCC1O[C@H](O[C@@H]2C(OC(C)=O)C(O[C@H]3OC(CNC(=O)OC(C)(C)C)CCC3NC(=O)OC(C)(C)C)[C@H](NC(=O)OC(C)(C)C)C[C@H]2NC(=O)[C@H](CCNC(=O)OC(C)(C)C)OC(=O)c2ccccc2)C(OC(=O)c2ccccc2)[C@@H](NC(=O)OC(C)(C)C)[C@@H]1O. The number of alkyl carbamates (subject to hydrolysis) is 5. The minimum absolute atomic E-state index is 0.0263. The summed E-state index contributed by atoms with van der Waals surface area (Å²) in [6, 6.07) is 9.79. The average Bonchev–Trinajstić information content (AvgIpc) is 0.769. The normalized spacial score (nSPS) is 25.6. The van der Waals surface area contributed by atoms with Crippen LogP contribution in [0.1, 0.15) is 171 Å². The van der Waals surface area contributed by atoms with Gasteiger partial charge in [-0.3, -0.25) is 9.59 Å². The van der Waals surface area contributed by atoms with Crippen LogP contribution in [0.5, 0.6) is 0 Å². The molecule has 5 rings (SSSR count). The second kappa shape index (κ2) is 32.4. The third-order valence-corrected chi connectivity index (χ3v) is 13.5. The molecule has 2 heterocycles. The van der Waals surface area contributed by atoms with E-state index in [2.05, 4.69) is 31.9 Å². The van der Waals surface area contributed by atoms with Crippen molar-refractivity contribution in [2.45, 2.75) is 263 Å². The van der Waals surface area contributed by atoms with Gasteiger partial charge in [-0.25, -0.2) is 33.6 Å². The molecular weight excluding hydrogens is 1200 g/mol. The van der Waals surface area contributed by atoms with Gasteiger partial charge in [-0.2, -0.15) is 0 Å². The number of esters is 3. The predicted molar refractivity (Wildman–Crippen MR) is 329 cm³/mol. The third-order valence-electron chi connectivity index (χ3n) is 13.5. The lowest BCUT2D eigenvalue weighted by Gasteiger charge is -2.50. The molecule has 28 nitrogen and oxygen atoms in total. The van der Waals surface area contributed by atoms with Crippen molar-refractivity contribution in [1.29, 1.82) is 0 Å². The number of hydrogen-bond acceptors (Lipinski definition) is 22. The van der Waals surface area contributed by atoms with Crippen molar-refractivity contribution >= 4 is 54.3 Å². The van der Waals surface area contributed by atoms with E-state index in [9.17, 15) is 43.5 Å². The van der Waals surface area contributed by atoms with Crippen molar-refractivity contribution < 1.29 is 105 Å². The van der Waals surface area contributed by atoms with Gasteiger partial charge in [0.05, 0.1) is 41.5 Å². The molecule has 2 aliphatic heterocycles. The minimum atomic E-state index is -1.89. The quantitative estimate of drug-likeness (QED) is 0.0511. The van der Waals surface area contributed by atoms with Gasteiger partial charge in [-0.05, 0) is 154 Å². The summed E-state index contributed by atoms with van der Waals surface area (Å²) in [5.74, 6) is -3.92. The number of ether oxygens (including phenoxy) is 12. The van der Waals surface area contributed by atoms with Crippen molar-refractivity contribution in [1.82, 2.24) is 31.9 Å². The molecule has 92 heavy (non-hydrogen) atoms. The van der Waals surface area contributed by atoms with Crippen molar-refractivity contribution in [3.05, 3.63) is 71.8 Å². The van der Waals surface area contributed by atoms with Gasteiger partial charge < -0.3 is 93.8 Å². The van der Waals surface area contributed by atoms with Gasteiger partial charge in [-0.15, -0.1) is 0 Å². The monoisotopic (exact) mass is 1300 g/mol. The maximum absolute atomic E-state index is 15.3. The molecular formula is C64H96N6O22. The Kier molecular flexibility index (Phi) is 26.4. The first-order valence-corrected chi connectivity index (χ1v) is 30.9. The summed E-state index contributed by atoms with van der Waals surface area (Å²) in [5, 5.41) is 28.5. The van der Waals surface area contributed by atoms with Crippen molar-refractivity contribution in [2.24, 2.45) is 0 Å². The molecule has 3 fully saturated rings. The molecule has 3 aliphatic rings. The van der Waals surface area contributed by atoms with Gasteiger partial charge in [0.15, 0.2) is 30.9 Å². The molecule has 0 bridgehead atoms. The highest BCUT2D eigenvalue weighted by atomic mass is 16.7. The Labute approximate surface area is 537 Å². The fraction of sp³-hybridized carbons (Fsp3) is 0.672. The minimum Gasteiger partial charge on any atom is -0.457 e. The molecule has 6 unspecified atom stereocenters. The van der Waals surface area contributed by atoms with Crippen LogP contribution in [0.3, 0.4) is 0 Å². The molecule has 0 aromatic heterocycles. The Hall–Kier alpha value is -7.53. The summed E-state index contributed by atoms with van der Waals surface area (Å²) in [6.45, 7) is 26.9. The molecule has 2 saturated heterocycles. The summed E-state index contributed by atoms with van der Waals surface area (Å²) >= 11 is 0. The summed E-state index contributed by atoms with van der Waals surface area (Å²) in [4.78, 5) is 125. The first-order valence-electron chi connectivity index (χ1n) is 30.9. The lowest BCUT2D eigenvalue weighted by Crippen LogP contribution is -2.71. The molecule has 14 atom stereocenters. The van der Waals surface area contributed by atoms with Crippen LogP contribution >= 0.6 is 0 Å². The number of aliphatic hydroxyl groups is 1. The smallest absolute Gasteiger partial charge is 0.408 e. The van der Waals surface area contributed by atoms with E-state index in [1.165, 1.54) is 24.3 Å². The molecule has 2 aromatic carbocycles. The van der Waals surface area contributed by atoms with Crippen molar-refractivity contribution in [3.63, 3.8) is 0 Å². The van der Waals surface area contributed by atoms with Crippen LogP contribution in [0.25, 0.3) is 0 Å². The molecule has 7 N–H and O–H groups in total. The fourth-order valence-electron chi connectivity index (χ4n) is 9.94. The Morgan fingerprint density at radius 2 is 0.978 bits per heavy atom. The second-order valence-electron chi connectivity index (χ2n) is 27.5. The molecule has 6 amide bonds. The summed E-state index contributed by atoms with van der Waals surface area (Å²) in [7, 11) is 0. The topological polar surface area (TPSA) is 357 Å². The fourth-order valence-corrected chi connectivity index (χ4v) is 9.94. The van der Waals surface area contributed by atoms with E-state index in [0.29, 0.717) is 0 Å². The van der Waals surface area contributed by atoms with Crippen LogP contribution < -0.4 is 31.9 Å². The zero-order valence-corrected chi connectivity index (χ0v) is 55.8. The Balaban J connectivity index is 1.75. The van der Waals surface area contributed by atoms with E-state index in [1.807, 2.05) is 0 Å². The zero-order valence-electron chi connectivity index (χ0n) is 55.8. The zero-order chi connectivity index (χ0) is 68.7. The number of rotatable bonds is 20. The highest BCUT2D eigenvalue weighted by molar-refractivity contribution is 5.92.